The van der Waals surface area contributed by atoms with Crippen molar-refractivity contribution in [2.24, 2.45) is 5.41 Å². The Balaban J connectivity index is 2.85. The Labute approximate surface area is 95.3 Å². The summed E-state index contributed by atoms with van der Waals surface area (Å²) in [5.74, 6) is 0.814. The van der Waals surface area contributed by atoms with Gasteiger partial charge >= 0.3 is 0 Å². The van der Waals surface area contributed by atoms with Gasteiger partial charge in [0.1, 0.15) is 5.02 Å². The number of anilines is 2. The predicted molar refractivity (Wildman–Crippen MR) is 64.0 cm³/mol. The number of hydrogen-bond acceptors (Lipinski definition) is 4. The van der Waals surface area contributed by atoms with Gasteiger partial charge in [-0.2, -0.15) is 4.98 Å². The van der Waals surface area contributed by atoms with Crippen molar-refractivity contribution in [2.45, 2.75) is 33.7 Å². The molecule has 3 N–H and O–H groups in total. The van der Waals surface area contributed by atoms with E-state index >= 15 is 0 Å². The molecule has 0 spiro atoms. The Bertz CT molecular complexity index is 346. The molecule has 0 aliphatic carbocycles. The van der Waals surface area contributed by atoms with Crippen LogP contribution in [-0.4, -0.2) is 16.0 Å². The largest absolute Gasteiger partial charge is 0.368 e. The first-order valence-corrected chi connectivity index (χ1v) is 5.23. The summed E-state index contributed by atoms with van der Waals surface area (Å²) in [6.45, 7) is 8.50. The van der Waals surface area contributed by atoms with Crippen molar-refractivity contribution in [3.05, 3.63) is 11.2 Å². The van der Waals surface area contributed by atoms with Crippen molar-refractivity contribution in [3.63, 3.8) is 0 Å². The molecule has 4 nitrogen and oxygen atoms in total. The lowest BCUT2D eigenvalue weighted by Crippen LogP contribution is -2.31. The van der Waals surface area contributed by atoms with Crippen molar-refractivity contribution < 1.29 is 0 Å². The summed E-state index contributed by atoms with van der Waals surface area (Å²) in [5, 5.41) is 3.71. The Morgan fingerprint density at radius 3 is 2.60 bits per heavy atom. The van der Waals surface area contributed by atoms with Gasteiger partial charge in [0.2, 0.25) is 5.95 Å². The number of aromatic nitrogens is 2. The summed E-state index contributed by atoms with van der Waals surface area (Å²) in [6.07, 6.45) is 1.50. The fraction of sp³-hybridized carbons (Fsp3) is 0.600. The van der Waals surface area contributed by atoms with Crippen molar-refractivity contribution in [2.75, 3.05) is 11.1 Å². The summed E-state index contributed by atoms with van der Waals surface area (Å²) in [7, 11) is 0. The van der Waals surface area contributed by atoms with E-state index in [4.69, 9.17) is 17.3 Å². The number of halogens is 1. The fourth-order valence-electron chi connectivity index (χ4n) is 0.904. The van der Waals surface area contributed by atoms with Crippen LogP contribution < -0.4 is 11.1 Å². The highest BCUT2D eigenvalue weighted by molar-refractivity contribution is 6.32. The van der Waals surface area contributed by atoms with E-state index < -0.39 is 0 Å². The van der Waals surface area contributed by atoms with E-state index in [9.17, 15) is 0 Å². The molecule has 1 atom stereocenters. The zero-order chi connectivity index (χ0) is 11.6. The Morgan fingerprint density at radius 2 is 2.07 bits per heavy atom. The van der Waals surface area contributed by atoms with Crippen molar-refractivity contribution in [1.29, 1.82) is 0 Å². The van der Waals surface area contributed by atoms with E-state index in [2.05, 4.69) is 43.0 Å². The third-order valence-corrected chi connectivity index (χ3v) is 2.69. The van der Waals surface area contributed by atoms with Crippen LogP contribution in [0.3, 0.4) is 0 Å². The summed E-state index contributed by atoms with van der Waals surface area (Å²) in [5.41, 5.74) is 5.62. The summed E-state index contributed by atoms with van der Waals surface area (Å²) in [6, 6.07) is 0.240. The molecule has 0 amide bonds. The van der Waals surface area contributed by atoms with Crippen LogP contribution in [0.15, 0.2) is 6.20 Å². The Morgan fingerprint density at radius 1 is 1.47 bits per heavy atom. The van der Waals surface area contributed by atoms with Crippen LogP contribution >= 0.6 is 11.6 Å². The number of nitrogen functional groups attached to an aromatic ring is 1. The molecular formula is C10H17ClN4. The first-order valence-electron chi connectivity index (χ1n) is 4.85. The van der Waals surface area contributed by atoms with E-state index in [0.717, 1.165) is 0 Å². The van der Waals surface area contributed by atoms with Crippen molar-refractivity contribution >= 4 is 23.4 Å². The molecule has 0 saturated carbocycles. The first-order chi connectivity index (χ1) is 6.80. The van der Waals surface area contributed by atoms with Gasteiger partial charge in [0.05, 0.1) is 6.20 Å². The number of hydrogen-bond donors (Lipinski definition) is 2. The highest BCUT2D eigenvalue weighted by Crippen LogP contribution is 2.25. The molecular weight excluding hydrogens is 212 g/mol. The SMILES string of the molecule is C[C@H](Nc1nc(N)ncc1Cl)C(C)(C)C. The summed E-state index contributed by atoms with van der Waals surface area (Å²) < 4.78 is 0. The molecule has 5 heteroatoms. The zero-order valence-electron chi connectivity index (χ0n) is 9.50. The molecule has 0 aliphatic rings. The second-order valence-electron chi connectivity index (χ2n) is 4.66. The molecule has 0 bridgehead atoms. The Kier molecular flexibility index (Phi) is 3.39. The van der Waals surface area contributed by atoms with E-state index in [1.165, 1.54) is 6.20 Å². The van der Waals surface area contributed by atoms with Crippen LogP contribution in [0.5, 0.6) is 0 Å². The maximum atomic E-state index is 5.95. The highest BCUT2D eigenvalue weighted by Gasteiger charge is 2.21. The van der Waals surface area contributed by atoms with Crippen LogP contribution in [0.2, 0.25) is 5.02 Å². The van der Waals surface area contributed by atoms with E-state index in [1.807, 2.05) is 0 Å². The average molecular weight is 229 g/mol. The molecule has 15 heavy (non-hydrogen) atoms. The van der Waals surface area contributed by atoms with Gasteiger partial charge in [-0.3, -0.25) is 0 Å². The first kappa shape index (κ1) is 12.0. The molecule has 0 radical (unpaired) electrons. The molecule has 84 valence electrons. The molecule has 1 aromatic heterocycles. The molecule has 0 aliphatic heterocycles. The second kappa shape index (κ2) is 4.23. The van der Waals surface area contributed by atoms with Crippen LogP contribution in [0.4, 0.5) is 11.8 Å². The average Bonchev–Trinajstić information content (AvgIpc) is 2.09. The number of nitrogens with one attached hydrogen (secondary N) is 1. The molecule has 0 saturated heterocycles. The molecule has 0 fully saturated rings. The minimum Gasteiger partial charge on any atom is -0.368 e. The predicted octanol–water partition coefficient (Wildman–Crippen LogP) is 2.56. The fourth-order valence-corrected chi connectivity index (χ4v) is 1.05. The van der Waals surface area contributed by atoms with Crippen LogP contribution in [0.25, 0.3) is 0 Å². The molecule has 1 rings (SSSR count). The van der Waals surface area contributed by atoms with Gasteiger partial charge in [0, 0.05) is 6.04 Å². The standard InChI is InChI=1S/C10H17ClN4/c1-6(10(2,3)4)14-8-7(11)5-13-9(12)15-8/h5-6H,1-4H3,(H3,12,13,14,15)/t6-/m0/s1. The van der Waals surface area contributed by atoms with Gasteiger partial charge in [-0.25, -0.2) is 4.98 Å². The quantitative estimate of drug-likeness (QED) is 0.817. The van der Waals surface area contributed by atoms with E-state index in [1.54, 1.807) is 0 Å². The van der Waals surface area contributed by atoms with E-state index in [-0.39, 0.29) is 17.4 Å². The maximum Gasteiger partial charge on any atom is 0.222 e. The zero-order valence-corrected chi connectivity index (χ0v) is 10.3. The third-order valence-electron chi connectivity index (χ3n) is 2.42. The minimum atomic E-state index is 0.128. The van der Waals surface area contributed by atoms with Crippen molar-refractivity contribution in [1.82, 2.24) is 9.97 Å². The summed E-state index contributed by atoms with van der Waals surface area (Å²) in [4.78, 5) is 7.85. The lowest BCUT2D eigenvalue weighted by Gasteiger charge is -2.28. The Hall–Kier alpha value is -1.03. The smallest absolute Gasteiger partial charge is 0.222 e. The van der Waals surface area contributed by atoms with Gasteiger partial charge in [-0.1, -0.05) is 32.4 Å². The van der Waals surface area contributed by atoms with Gasteiger partial charge in [0.25, 0.3) is 0 Å². The van der Waals surface area contributed by atoms with Gasteiger partial charge in [-0.05, 0) is 12.3 Å². The van der Waals surface area contributed by atoms with E-state index in [0.29, 0.717) is 10.8 Å². The topological polar surface area (TPSA) is 63.8 Å². The van der Waals surface area contributed by atoms with Gasteiger partial charge in [-0.15, -0.1) is 0 Å². The lowest BCUT2D eigenvalue weighted by atomic mass is 9.88. The third kappa shape index (κ3) is 3.23. The van der Waals surface area contributed by atoms with Crippen LogP contribution in [0.1, 0.15) is 27.7 Å². The highest BCUT2D eigenvalue weighted by atomic mass is 35.5. The molecule has 0 unspecified atom stereocenters. The molecule has 1 aromatic rings. The van der Waals surface area contributed by atoms with Gasteiger partial charge < -0.3 is 11.1 Å². The normalized spacial score (nSPS) is 13.7. The monoisotopic (exact) mass is 228 g/mol. The van der Waals surface area contributed by atoms with Crippen LogP contribution in [-0.2, 0) is 0 Å². The number of nitrogens with zero attached hydrogens (tertiary/aromatic N) is 2. The molecule has 0 aromatic carbocycles. The van der Waals surface area contributed by atoms with Crippen molar-refractivity contribution in [3.8, 4) is 0 Å². The summed E-state index contributed by atoms with van der Waals surface area (Å²) >= 11 is 5.95. The van der Waals surface area contributed by atoms with Gasteiger partial charge in [0.15, 0.2) is 5.82 Å². The minimum absolute atomic E-state index is 0.128. The molecule has 1 heterocycles. The number of nitrogens with two attached hydrogens (primary N) is 1. The second-order valence-corrected chi connectivity index (χ2v) is 5.06. The lowest BCUT2D eigenvalue weighted by molar-refractivity contribution is 0.359. The van der Waals surface area contributed by atoms with Crippen LogP contribution in [0, 0.1) is 5.41 Å². The maximum absolute atomic E-state index is 5.95. The number of rotatable bonds is 2.